The van der Waals surface area contributed by atoms with E-state index in [2.05, 4.69) is 5.10 Å². The summed E-state index contributed by atoms with van der Waals surface area (Å²) in [6, 6.07) is 0. The van der Waals surface area contributed by atoms with Crippen LogP contribution in [0.15, 0.2) is 12.4 Å². The van der Waals surface area contributed by atoms with Gasteiger partial charge in [-0.25, -0.2) is 0 Å². The predicted molar refractivity (Wildman–Crippen MR) is 57.9 cm³/mol. The zero-order chi connectivity index (χ0) is 11.3. The molecule has 0 aromatic carbocycles. The number of aromatic nitrogens is 2. The quantitative estimate of drug-likeness (QED) is 0.672. The van der Waals surface area contributed by atoms with Crippen molar-refractivity contribution in [1.29, 1.82) is 0 Å². The fraction of sp³-hybridized carbons (Fsp3) is 0.636. The third kappa shape index (κ3) is 3.16. The third-order valence-corrected chi connectivity index (χ3v) is 2.20. The molecule has 4 nitrogen and oxygen atoms in total. The van der Waals surface area contributed by atoms with Gasteiger partial charge in [-0.2, -0.15) is 5.10 Å². The molecule has 0 radical (unpaired) electrons. The lowest BCUT2D eigenvalue weighted by Gasteiger charge is -2.13. The number of hydrogen-bond donors (Lipinski definition) is 0. The first-order valence-electron chi connectivity index (χ1n) is 5.33. The number of aryl methyl sites for hydroxylation is 1. The van der Waals surface area contributed by atoms with Gasteiger partial charge < -0.3 is 4.74 Å². The Bertz CT molecular complexity index is 314. The van der Waals surface area contributed by atoms with Gasteiger partial charge in [-0.3, -0.25) is 9.48 Å². The molecule has 0 amide bonds. The minimum Gasteiger partial charge on any atom is -0.370 e. The normalized spacial score (nSPS) is 12.7. The molecule has 15 heavy (non-hydrogen) atoms. The van der Waals surface area contributed by atoms with Crippen LogP contribution in [-0.4, -0.2) is 28.3 Å². The standard InChI is InChI=1S/C11H18N2O2/c1-4-6-10(15-5-2)11(14)9-7-12-13(3)8-9/h7-8,10H,4-6H2,1-3H3. The molecule has 0 fully saturated rings. The summed E-state index contributed by atoms with van der Waals surface area (Å²) in [5.41, 5.74) is 0.629. The number of nitrogens with zero attached hydrogens (tertiary/aromatic N) is 2. The highest BCUT2D eigenvalue weighted by Gasteiger charge is 2.20. The summed E-state index contributed by atoms with van der Waals surface area (Å²) in [5.74, 6) is 0.0341. The van der Waals surface area contributed by atoms with Crippen LogP contribution in [0, 0.1) is 0 Å². The zero-order valence-corrected chi connectivity index (χ0v) is 9.56. The Kier molecular flexibility index (Phi) is 4.49. The molecule has 1 aromatic rings. The van der Waals surface area contributed by atoms with Gasteiger partial charge >= 0.3 is 0 Å². The number of ether oxygens (including phenoxy) is 1. The van der Waals surface area contributed by atoms with Crippen molar-refractivity contribution in [2.45, 2.75) is 32.8 Å². The van der Waals surface area contributed by atoms with Crippen molar-refractivity contribution in [3.8, 4) is 0 Å². The summed E-state index contributed by atoms with van der Waals surface area (Å²) in [7, 11) is 1.80. The van der Waals surface area contributed by atoms with E-state index in [0.717, 1.165) is 12.8 Å². The summed E-state index contributed by atoms with van der Waals surface area (Å²) in [6.07, 6.45) is 4.70. The molecule has 1 rings (SSSR count). The minimum atomic E-state index is -0.316. The zero-order valence-electron chi connectivity index (χ0n) is 9.56. The molecule has 1 atom stereocenters. The van der Waals surface area contributed by atoms with Crippen LogP contribution < -0.4 is 0 Å². The Balaban J connectivity index is 2.71. The SMILES string of the molecule is CCCC(OCC)C(=O)c1cnn(C)c1. The van der Waals surface area contributed by atoms with Gasteiger partial charge in [0, 0.05) is 19.9 Å². The summed E-state index contributed by atoms with van der Waals surface area (Å²) < 4.78 is 7.05. The van der Waals surface area contributed by atoms with Crippen molar-refractivity contribution in [3.05, 3.63) is 18.0 Å². The monoisotopic (exact) mass is 210 g/mol. The van der Waals surface area contributed by atoms with Crippen LogP contribution >= 0.6 is 0 Å². The molecule has 1 aromatic heterocycles. The van der Waals surface area contributed by atoms with Crippen molar-refractivity contribution in [2.75, 3.05) is 6.61 Å². The van der Waals surface area contributed by atoms with E-state index in [1.165, 1.54) is 0 Å². The van der Waals surface area contributed by atoms with E-state index in [9.17, 15) is 4.79 Å². The lowest BCUT2D eigenvalue weighted by atomic mass is 10.1. The van der Waals surface area contributed by atoms with Crippen molar-refractivity contribution in [3.63, 3.8) is 0 Å². The van der Waals surface area contributed by atoms with Crippen LogP contribution in [0.3, 0.4) is 0 Å². The molecule has 0 bridgehead atoms. The number of ketones is 1. The molecule has 0 saturated carbocycles. The molecule has 1 unspecified atom stereocenters. The van der Waals surface area contributed by atoms with E-state index in [-0.39, 0.29) is 11.9 Å². The lowest BCUT2D eigenvalue weighted by Crippen LogP contribution is -2.24. The number of carbonyl (C=O) groups excluding carboxylic acids is 1. The van der Waals surface area contributed by atoms with Crippen LogP contribution in [0.5, 0.6) is 0 Å². The first kappa shape index (κ1) is 11.9. The number of carbonyl (C=O) groups is 1. The molecule has 0 N–H and O–H groups in total. The molecule has 1 heterocycles. The average molecular weight is 210 g/mol. The molecule has 4 heteroatoms. The molecular formula is C11H18N2O2. The van der Waals surface area contributed by atoms with Crippen molar-refractivity contribution in [1.82, 2.24) is 9.78 Å². The molecule has 0 aliphatic rings. The Morgan fingerprint density at radius 3 is 2.80 bits per heavy atom. The molecule has 0 aliphatic carbocycles. The maximum Gasteiger partial charge on any atom is 0.194 e. The van der Waals surface area contributed by atoms with Crippen LogP contribution in [0.2, 0.25) is 0 Å². The number of Topliss-reactive ketones (excluding diaryl/α,β-unsaturated/α-hetero) is 1. The first-order chi connectivity index (χ1) is 7.19. The Morgan fingerprint density at radius 1 is 1.60 bits per heavy atom. The van der Waals surface area contributed by atoms with Crippen molar-refractivity contribution in [2.24, 2.45) is 7.05 Å². The van der Waals surface area contributed by atoms with Gasteiger partial charge in [0.2, 0.25) is 0 Å². The van der Waals surface area contributed by atoms with Gasteiger partial charge in [0.25, 0.3) is 0 Å². The van der Waals surface area contributed by atoms with E-state index in [1.807, 2.05) is 13.8 Å². The highest BCUT2D eigenvalue weighted by molar-refractivity contribution is 5.99. The summed E-state index contributed by atoms with van der Waals surface area (Å²) in [6.45, 7) is 4.51. The van der Waals surface area contributed by atoms with E-state index >= 15 is 0 Å². The second kappa shape index (κ2) is 5.66. The summed E-state index contributed by atoms with van der Waals surface area (Å²) >= 11 is 0. The van der Waals surface area contributed by atoms with E-state index in [1.54, 1.807) is 24.1 Å². The maximum atomic E-state index is 12.0. The van der Waals surface area contributed by atoms with Crippen LogP contribution in [-0.2, 0) is 11.8 Å². The summed E-state index contributed by atoms with van der Waals surface area (Å²) in [4.78, 5) is 12.0. The third-order valence-electron chi connectivity index (χ3n) is 2.20. The Morgan fingerprint density at radius 2 is 2.33 bits per heavy atom. The maximum absolute atomic E-state index is 12.0. The van der Waals surface area contributed by atoms with E-state index < -0.39 is 0 Å². The molecule has 0 saturated heterocycles. The highest BCUT2D eigenvalue weighted by Crippen LogP contribution is 2.10. The molecule has 0 spiro atoms. The van der Waals surface area contributed by atoms with Crippen molar-refractivity contribution < 1.29 is 9.53 Å². The second-order valence-corrected chi connectivity index (χ2v) is 3.50. The minimum absolute atomic E-state index is 0.0341. The molecule has 0 aliphatic heterocycles. The highest BCUT2D eigenvalue weighted by atomic mass is 16.5. The van der Waals surface area contributed by atoms with Crippen LogP contribution in [0.4, 0.5) is 0 Å². The van der Waals surface area contributed by atoms with Crippen molar-refractivity contribution >= 4 is 5.78 Å². The van der Waals surface area contributed by atoms with Crippen LogP contribution in [0.1, 0.15) is 37.0 Å². The number of rotatable bonds is 6. The van der Waals surface area contributed by atoms with E-state index in [4.69, 9.17) is 4.74 Å². The first-order valence-corrected chi connectivity index (χ1v) is 5.33. The van der Waals surface area contributed by atoms with Gasteiger partial charge in [-0.15, -0.1) is 0 Å². The fourth-order valence-corrected chi connectivity index (χ4v) is 1.49. The average Bonchev–Trinajstić information content (AvgIpc) is 2.63. The van der Waals surface area contributed by atoms with E-state index in [0.29, 0.717) is 12.2 Å². The molecule has 84 valence electrons. The van der Waals surface area contributed by atoms with Crippen LogP contribution in [0.25, 0.3) is 0 Å². The lowest BCUT2D eigenvalue weighted by molar-refractivity contribution is 0.0423. The Labute approximate surface area is 90.2 Å². The topological polar surface area (TPSA) is 44.1 Å². The predicted octanol–water partition coefficient (Wildman–Crippen LogP) is 1.81. The van der Waals surface area contributed by atoms with Gasteiger partial charge in [0.05, 0.1) is 11.8 Å². The Hall–Kier alpha value is -1.16. The van der Waals surface area contributed by atoms with Gasteiger partial charge in [-0.1, -0.05) is 13.3 Å². The molecular weight excluding hydrogens is 192 g/mol. The van der Waals surface area contributed by atoms with Gasteiger partial charge in [-0.05, 0) is 13.3 Å². The fourth-order valence-electron chi connectivity index (χ4n) is 1.49. The second-order valence-electron chi connectivity index (χ2n) is 3.50. The number of hydrogen-bond acceptors (Lipinski definition) is 3. The van der Waals surface area contributed by atoms with Gasteiger partial charge in [0.15, 0.2) is 5.78 Å². The van der Waals surface area contributed by atoms with Gasteiger partial charge in [0.1, 0.15) is 6.10 Å². The summed E-state index contributed by atoms with van der Waals surface area (Å²) in [5, 5.41) is 3.98. The smallest absolute Gasteiger partial charge is 0.194 e. The largest absolute Gasteiger partial charge is 0.370 e.